The molecule has 1 aliphatic rings. The Labute approximate surface area is 170 Å². The zero-order chi connectivity index (χ0) is 21.2. The number of halogens is 1. The molecule has 0 radical (unpaired) electrons. The summed E-state index contributed by atoms with van der Waals surface area (Å²) in [4.78, 5) is 36.9. The van der Waals surface area contributed by atoms with Gasteiger partial charge in [0.05, 0.1) is 5.69 Å². The molecule has 1 aliphatic heterocycles. The minimum absolute atomic E-state index is 0.104. The van der Waals surface area contributed by atoms with Crippen molar-refractivity contribution >= 4 is 29.1 Å². The number of piperazine rings is 1. The molecule has 0 aromatic heterocycles. The number of anilines is 2. The predicted octanol–water partition coefficient (Wildman–Crippen LogP) is 0.985. The lowest BCUT2D eigenvalue weighted by Crippen LogP contribution is -2.44. The van der Waals surface area contributed by atoms with Crippen molar-refractivity contribution in [1.29, 1.82) is 0 Å². The fraction of sp³-hybridized carbons (Fsp3) is 0.550. The lowest BCUT2D eigenvalue weighted by atomic mass is 10.1. The summed E-state index contributed by atoms with van der Waals surface area (Å²) in [7, 11) is 0. The van der Waals surface area contributed by atoms with Crippen LogP contribution in [-0.4, -0.2) is 56.5 Å². The van der Waals surface area contributed by atoms with Gasteiger partial charge in [-0.2, -0.15) is 0 Å². The number of rotatable bonds is 9. The first-order valence-electron chi connectivity index (χ1n) is 9.94. The SMILES string of the molecule is CC(=O)NCCCCC(NC(C)=O)C(=O)Nc1ccc(N2CCNCC2)c(F)c1. The van der Waals surface area contributed by atoms with Crippen LogP contribution in [0.3, 0.4) is 0 Å². The van der Waals surface area contributed by atoms with Crippen LogP contribution in [0.25, 0.3) is 0 Å². The number of benzene rings is 1. The third-order valence-electron chi connectivity index (χ3n) is 4.66. The summed E-state index contributed by atoms with van der Waals surface area (Å²) in [5.41, 5.74) is 0.862. The first-order valence-corrected chi connectivity index (χ1v) is 9.94. The summed E-state index contributed by atoms with van der Waals surface area (Å²) >= 11 is 0. The van der Waals surface area contributed by atoms with Crippen molar-refractivity contribution < 1.29 is 18.8 Å². The van der Waals surface area contributed by atoms with Gasteiger partial charge in [0.1, 0.15) is 11.9 Å². The zero-order valence-electron chi connectivity index (χ0n) is 17.0. The number of amides is 3. The van der Waals surface area contributed by atoms with Crippen LogP contribution in [-0.2, 0) is 14.4 Å². The molecular formula is C20H30FN5O3. The van der Waals surface area contributed by atoms with Crippen LogP contribution < -0.4 is 26.2 Å². The topological polar surface area (TPSA) is 103 Å². The molecule has 4 N–H and O–H groups in total. The second kappa shape index (κ2) is 11.4. The molecule has 1 fully saturated rings. The van der Waals surface area contributed by atoms with Crippen molar-refractivity contribution in [3.8, 4) is 0 Å². The van der Waals surface area contributed by atoms with Gasteiger partial charge in [0, 0.05) is 52.3 Å². The maximum absolute atomic E-state index is 14.5. The number of carbonyl (C=O) groups excluding carboxylic acids is 3. The van der Waals surface area contributed by atoms with E-state index in [-0.39, 0.29) is 11.8 Å². The Kier molecular flexibility index (Phi) is 8.85. The molecule has 1 atom stereocenters. The van der Waals surface area contributed by atoms with Crippen LogP contribution in [0.2, 0.25) is 0 Å². The summed E-state index contributed by atoms with van der Waals surface area (Å²) in [5, 5.41) is 11.2. The Hall–Kier alpha value is -2.68. The average Bonchev–Trinajstić information content (AvgIpc) is 2.67. The molecule has 9 heteroatoms. The van der Waals surface area contributed by atoms with Crippen LogP contribution in [0.15, 0.2) is 18.2 Å². The van der Waals surface area contributed by atoms with E-state index in [9.17, 15) is 18.8 Å². The molecule has 2 rings (SSSR count). The van der Waals surface area contributed by atoms with E-state index in [1.165, 1.54) is 19.9 Å². The summed E-state index contributed by atoms with van der Waals surface area (Å²) in [5.74, 6) is -1.20. The average molecular weight is 407 g/mol. The molecule has 1 saturated heterocycles. The highest BCUT2D eigenvalue weighted by atomic mass is 19.1. The van der Waals surface area contributed by atoms with Gasteiger partial charge in [-0.25, -0.2) is 4.39 Å². The Morgan fingerprint density at radius 1 is 1.14 bits per heavy atom. The van der Waals surface area contributed by atoms with Gasteiger partial charge in [0.25, 0.3) is 0 Å². The lowest BCUT2D eigenvalue weighted by molar-refractivity contribution is -0.125. The van der Waals surface area contributed by atoms with Crippen LogP contribution >= 0.6 is 0 Å². The molecule has 1 aromatic carbocycles. The number of nitrogens with zero attached hydrogens (tertiary/aromatic N) is 1. The van der Waals surface area contributed by atoms with Crippen molar-refractivity contribution in [3.05, 3.63) is 24.0 Å². The maximum Gasteiger partial charge on any atom is 0.246 e. The van der Waals surface area contributed by atoms with Gasteiger partial charge in [-0.15, -0.1) is 0 Å². The summed E-state index contributed by atoms with van der Waals surface area (Å²) in [6.45, 7) is 6.37. The molecule has 0 bridgehead atoms. The van der Waals surface area contributed by atoms with Gasteiger partial charge < -0.3 is 26.2 Å². The fourth-order valence-electron chi connectivity index (χ4n) is 3.23. The molecule has 1 aromatic rings. The molecule has 3 amide bonds. The van der Waals surface area contributed by atoms with Gasteiger partial charge in [0.15, 0.2) is 0 Å². The number of unbranched alkanes of at least 4 members (excludes halogenated alkanes) is 1. The highest BCUT2D eigenvalue weighted by Gasteiger charge is 2.20. The van der Waals surface area contributed by atoms with E-state index in [4.69, 9.17) is 0 Å². The van der Waals surface area contributed by atoms with E-state index in [0.717, 1.165) is 26.2 Å². The van der Waals surface area contributed by atoms with Crippen molar-refractivity contribution in [2.24, 2.45) is 0 Å². The number of hydrogen-bond donors (Lipinski definition) is 4. The molecule has 160 valence electrons. The molecule has 1 unspecified atom stereocenters. The zero-order valence-corrected chi connectivity index (χ0v) is 17.0. The van der Waals surface area contributed by atoms with E-state index < -0.39 is 17.8 Å². The van der Waals surface area contributed by atoms with Gasteiger partial charge >= 0.3 is 0 Å². The molecule has 1 heterocycles. The highest BCUT2D eigenvalue weighted by Crippen LogP contribution is 2.23. The minimum Gasteiger partial charge on any atom is -0.367 e. The lowest BCUT2D eigenvalue weighted by Gasteiger charge is -2.29. The van der Waals surface area contributed by atoms with Gasteiger partial charge in [-0.1, -0.05) is 0 Å². The monoisotopic (exact) mass is 407 g/mol. The van der Waals surface area contributed by atoms with Gasteiger partial charge in [-0.3, -0.25) is 14.4 Å². The van der Waals surface area contributed by atoms with E-state index in [1.807, 2.05) is 4.90 Å². The molecule has 8 nitrogen and oxygen atoms in total. The fourth-order valence-corrected chi connectivity index (χ4v) is 3.23. The number of hydrogen-bond acceptors (Lipinski definition) is 5. The van der Waals surface area contributed by atoms with E-state index in [2.05, 4.69) is 21.3 Å². The van der Waals surface area contributed by atoms with Crippen molar-refractivity contribution in [3.63, 3.8) is 0 Å². The molecule has 0 spiro atoms. The Balaban J connectivity index is 1.93. The maximum atomic E-state index is 14.5. The molecule has 29 heavy (non-hydrogen) atoms. The predicted molar refractivity (Wildman–Crippen MR) is 110 cm³/mol. The largest absolute Gasteiger partial charge is 0.367 e. The number of nitrogens with one attached hydrogen (secondary N) is 4. The third kappa shape index (κ3) is 7.69. The minimum atomic E-state index is -0.722. The smallest absolute Gasteiger partial charge is 0.246 e. The first kappa shape index (κ1) is 22.6. The highest BCUT2D eigenvalue weighted by molar-refractivity contribution is 5.97. The van der Waals surface area contributed by atoms with Crippen LogP contribution in [0.5, 0.6) is 0 Å². The summed E-state index contributed by atoms with van der Waals surface area (Å²) in [6.07, 6.45) is 1.76. The van der Waals surface area contributed by atoms with E-state index in [0.29, 0.717) is 37.2 Å². The first-order chi connectivity index (χ1) is 13.9. The summed E-state index contributed by atoms with van der Waals surface area (Å²) in [6, 6.07) is 3.91. The Morgan fingerprint density at radius 3 is 2.48 bits per heavy atom. The van der Waals surface area contributed by atoms with E-state index in [1.54, 1.807) is 12.1 Å². The van der Waals surface area contributed by atoms with Crippen LogP contribution in [0.4, 0.5) is 15.8 Å². The third-order valence-corrected chi connectivity index (χ3v) is 4.66. The molecular weight excluding hydrogens is 377 g/mol. The Bertz CT molecular complexity index is 722. The number of carbonyl (C=O) groups is 3. The van der Waals surface area contributed by atoms with Crippen LogP contribution in [0.1, 0.15) is 33.1 Å². The second-order valence-corrected chi connectivity index (χ2v) is 7.12. The van der Waals surface area contributed by atoms with E-state index >= 15 is 0 Å². The standard InChI is InChI=1S/C20H30FN5O3/c1-14(27)23-8-4-3-5-18(24-15(2)28)20(29)25-16-6-7-19(17(21)13-16)26-11-9-22-10-12-26/h6-7,13,18,22H,3-5,8-12H2,1-2H3,(H,23,27)(H,24,28)(H,25,29). The second-order valence-electron chi connectivity index (χ2n) is 7.12. The normalized spacial score (nSPS) is 14.8. The van der Waals surface area contributed by atoms with Crippen molar-refractivity contribution in [1.82, 2.24) is 16.0 Å². The quantitative estimate of drug-likeness (QED) is 0.457. The molecule has 0 saturated carbocycles. The van der Waals surface area contributed by atoms with Crippen LogP contribution in [0, 0.1) is 5.82 Å². The Morgan fingerprint density at radius 2 is 1.86 bits per heavy atom. The molecule has 0 aliphatic carbocycles. The summed E-state index contributed by atoms with van der Waals surface area (Å²) < 4.78 is 14.5. The van der Waals surface area contributed by atoms with Gasteiger partial charge in [-0.05, 0) is 37.5 Å². The van der Waals surface area contributed by atoms with Gasteiger partial charge in [0.2, 0.25) is 17.7 Å². The van der Waals surface area contributed by atoms with Crippen molar-refractivity contribution in [2.75, 3.05) is 42.9 Å². The van der Waals surface area contributed by atoms with Crippen molar-refractivity contribution in [2.45, 2.75) is 39.2 Å².